The number of fused-ring (bicyclic) bond motifs is 1. The maximum Gasteiger partial charge on any atom is 0.299 e. The first-order chi connectivity index (χ1) is 14.0. The molecule has 2 heterocycles. The van der Waals surface area contributed by atoms with E-state index in [1.807, 2.05) is 18.2 Å². The molecule has 4 rings (SSSR count). The van der Waals surface area contributed by atoms with E-state index in [9.17, 15) is 0 Å². The first kappa shape index (κ1) is 19.7. The minimum absolute atomic E-state index is 0.251. The summed E-state index contributed by atoms with van der Waals surface area (Å²) in [5, 5.41) is 0.527. The van der Waals surface area contributed by atoms with E-state index in [-0.39, 0.29) is 6.79 Å². The fraction of sp³-hybridized carbons (Fsp3) is 0.364. The van der Waals surface area contributed by atoms with Gasteiger partial charge in [-0.2, -0.15) is 9.36 Å². The molecule has 2 aromatic carbocycles. The van der Waals surface area contributed by atoms with Gasteiger partial charge in [0.2, 0.25) is 6.79 Å². The van der Waals surface area contributed by atoms with Gasteiger partial charge in [0.1, 0.15) is 5.75 Å². The Balaban J connectivity index is 1.49. The van der Waals surface area contributed by atoms with Crippen LogP contribution in [-0.2, 0) is 6.42 Å². The number of benzene rings is 2. The SMILES string of the molecule is CCN(C)CCc1cc(C)c(Oc2nc(-c3ccc4c(c3)OCO4)ns2)cc1C. The van der Waals surface area contributed by atoms with Crippen molar-refractivity contribution in [2.45, 2.75) is 27.2 Å². The molecule has 0 spiro atoms. The van der Waals surface area contributed by atoms with E-state index in [4.69, 9.17) is 14.2 Å². The summed E-state index contributed by atoms with van der Waals surface area (Å²) in [6.07, 6.45) is 1.03. The van der Waals surface area contributed by atoms with Crippen LogP contribution in [0, 0.1) is 13.8 Å². The predicted molar refractivity (Wildman–Crippen MR) is 114 cm³/mol. The Labute approximate surface area is 175 Å². The summed E-state index contributed by atoms with van der Waals surface area (Å²) in [5.41, 5.74) is 4.57. The number of nitrogens with zero attached hydrogens (tertiary/aromatic N) is 3. The zero-order valence-electron chi connectivity index (χ0n) is 17.2. The van der Waals surface area contributed by atoms with E-state index in [0.29, 0.717) is 11.0 Å². The molecule has 29 heavy (non-hydrogen) atoms. The Bertz CT molecular complexity index is 1020. The highest BCUT2D eigenvalue weighted by atomic mass is 32.1. The van der Waals surface area contributed by atoms with Crippen LogP contribution in [0.5, 0.6) is 22.4 Å². The molecule has 1 aromatic heterocycles. The molecule has 0 N–H and O–H groups in total. The maximum absolute atomic E-state index is 6.07. The molecule has 1 aliphatic heterocycles. The summed E-state index contributed by atoms with van der Waals surface area (Å²) in [7, 11) is 2.15. The Morgan fingerprint density at radius 3 is 2.76 bits per heavy atom. The number of aromatic nitrogens is 2. The quantitative estimate of drug-likeness (QED) is 0.555. The van der Waals surface area contributed by atoms with Crippen LogP contribution < -0.4 is 14.2 Å². The smallest absolute Gasteiger partial charge is 0.299 e. The Morgan fingerprint density at radius 2 is 1.93 bits per heavy atom. The molecule has 0 fully saturated rings. The summed E-state index contributed by atoms with van der Waals surface area (Å²) in [5.74, 6) is 2.91. The van der Waals surface area contributed by atoms with E-state index in [1.165, 1.54) is 22.7 Å². The van der Waals surface area contributed by atoms with Crippen LogP contribution in [0.2, 0.25) is 0 Å². The average Bonchev–Trinajstić information content (AvgIpc) is 3.37. The fourth-order valence-corrected chi connectivity index (χ4v) is 3.76. The molecular formula is C22H25N3O3S. The van der Waals surface area contributed by atoms with Crippen LogP contribution in [0.25, 0.3) is 11.4 Å². The second kappa shape index (κ2) is 8.39. The van der Waals surface area contributed by atoms with Crippen LogP contribution in [0.15, 0.2) is 30.3 Å². The van der Waals surface area contributed by atoms with Crippen molar-refractivity contribution in [3.8, 4) is 33.8 Å². The van der Waals surface area contributed by atoms with Gasteiger partial charge in [0.05, 0.1) is 0 Å². The van der Waals surface area contributed by atoms with Gasteiger partial charge in [-0.1, -0.05) is 13.0 Å². The van der Waals surface area contributed by atoms with Crippen LogP contribution in [-0.4, -0.2) is 41.2 Å². The molecule has 0 bridgehead atoms. The van der Waals surface area contributed by atoms with Crippen molar-refractivity contribution in [3.05, 3.63) is 47.0 Å². The van der Waals surface area contributed by atoms with E-state index in [1.54, 1.807) is 0 Å². The summed E-state index contributed by atoms with van der Waals surface area (Å²) in [4.78, 5) is 6.86. The summed E-state index contributed by atoms with van der Waals surface area (Å²) in [6.45, 7) is 8.73. The van der Waals surface area contributed by atoms with E-state index in [0.717, 1.165) is 47.9 Å². The van der Waals surface area contributed by atoms with Crippen molar-refractivity contribution in [1.29, 1.82) is 0 Å². The molecule has 0 saturated carbocycles. The summed E-state index contributed by atoms with van der Waals surface area (Å²) in [6, 6.07) is 10.0. The minimum atomic E-state index is 0.251. The lowest BCUT2D eigenvalue weighted by atomic mass is 10.0. The largest absolute Gasteiger partial charge is 0.454 e. The lowest BCUT2D eigenvalue weighted by Gasteiger charge is -2.16. The van der Waals surface area contributed by atoms with Crippen molar-refractivity contribution in [2.24, 2.45) is 0 Å². The molecule has 0 aliphatic carbocycles. The zero-order chi connectivity index (χ0) is 20.4. The highest BCUT2D eigenvalue weighted by Gasteiger charge is 2.17. The number of rotatable bonds is 7. The highest BCUT2D eigenvalue weighted by Crippen LogP contribution is 2.36. The van der Waals surface area contributed by atoms with Gasteiger partial charge in [0.15, 0.2) is 17.3 Å². The van der Waals surface area contributed by atoms with Crippen LogP contribution in [0.3, 0.4) is 0 Å². The standard InChI is InChI=1S/C22H25N3O3S/c1-5-25(4)9-8-16-10-15(3)19(11-14(16)2)28-22-23-21(24-29-22)17-6-7-18-20(12-17)27-13-26-18/h6-7,10-12H,5,8-9,13H2,1-4H3. The van der Waals surface area contributed by atoms with Crippen LogP contribution in [0.1, 0.15) is 23.6 Å². The summed E-state index contributed by atoms with van der Waals surface area (Å²) >= 11 is 1.25. The molecular weight excluding hydrogens is 386 g/mol. The lowest BCUT2D eigenvalue weighted by Crippen LogP contribution is -2.20. The molecule has 0 unspecified atom stereocenters. The topological polar surface area (TPSA) is 56.7 Å². The van der Waals surface area contributed by atoms with Gasteiger partial charge in [-0.3, -0.25) is 0 Å². The molecule has 0 atom stereocenters. The van der Waals surface area contributed by atoms with Crippen LogP contribution in [0.4, 0.5) is 0 Å². The van der Waals surface area contributed by atoms with Gasteiger partial charge in [0, 0.05) is 23.6 Å². The average molecular weight is 412 g/mol. The Hall–Kier alpha value is -2.64. The molecule has 7 heteroatoms. The highest BCUT2D eigenvalue weighted by molar-refractivity contribution is 7.07. The van der Waals surface area contributed by atoms with E-state index >= 15 is 0 Å². The third kappa shape index (κ3) is 4.36. The number of likely N-dealkylation sites (N-methyl/N-ethyl adjacent to an activating group) is 1. The van der Waals surface area contributed by atoms with Gasteiger partial charge >= 0.3 is 0 Å². The van der Waals surface area contributed by atoms with E-state index < -0.39 is 0 Å². The normalized spacial score (nSPS) is 12.6. The van der Waals surface area contributed by atoms with E-state index in [2.05, 4.69) is 54.2 Å². The van der Waals surface area contributed by atoms with Crippen molar-refractivity contribution in [3.63, 3.8) is 0 Å². The molecule has 0 saturated heterocycles. The maximum atomic E-state index is 6.07. The van der Waals surface area contributed by atoms with Crippen molar-refractivity contribution < 1.29 is 14.2 Å². The first-order valence-electron chi connectivity index (χ1n) is 9.73. The fourth-order valence-electron chi connectivity index (χ4n) is 3.20. The zero-order valence-corrected chi connectivity index (χ0v) is 18.0. The van der Waals surface area contributed by atoms with Gasteiger partial charge < -0.3 is 19.1 Å². The third-order valence-electron chi connectivity index (χ3n) is 5.17. The van der Waals surface area contributed by atoms with Crippen molar-refractivity contribution >= 4 is 11.5 Å². The van der Waals surface area contributed by atoms with Crippen LogP contribution >= 0.6 is 11.5 Å². The molecule has 1 aliphatic rings. The second-order valence-corrected chi connectivity index (χ2v) is 7.96. The third-order valence-corrected chi connectivity index (χ3v) is 5.77. The molecule has 152 valence electrons. The van der Waals surface area contributed by atoms with Gasteiger partial charge in [-0.25, -0.2) is 0 Å². The van der Waals surface area contributed by atoms with Crippen molar-refractivity contribution in [1.82, 2.24) is 14.3 Å². The van der Waals surface area contributed by atoms with Gasteiger partial charge in [-0.15, -0.1) is 0 Å². The molecule has 6 nitrogen and oxygen atoms in total. The predicted octanol–water partition coefficient (Wildman–Crippen LogP) is 4.84. The van der Waals surface area contributed by atoms with Gasteiger partial charge in [0.25, 0.3) is 5.19 Å². The number of ether oxygens (including phenoxy) is 3. The number of hydrogen-bond acceptors (Lipinski definition) is 7. The Morgan fingerprint density at radius 1 is 1.10 bits per heavy atom. The molecule has 0 radical (unpaired) electrons. The summed E-state index contributed by atoms with van der Waals surface area (Å²) < 4.78 is 21.3. The first-order valence-corrected chi connectivity index (χ1v) is 10.5. The number of aryl methyl sites for hydroxylation is 2. The van der Waals surface area contributed by atoms with Crippen molar-refractivity contribution in [2.75, 3.05) is 26.9 Å². The number of hydrogen-bond donors (Lipinski definition) is 0. The lowest BCUT2D eigenvalue weighted by molar-refractivity contribution is 0.174. The van der Waals surface area contributed by atoms with Gasteiger partial charge in [-0.05, 0) is 74.8 Å². The second-order valence-electron chi connectivity index (χ2n) is 7.24. The monoisotopic (exact) mass is 411 g/mol. The minimum Gasteiger partial charge on any atom is -0.454 e. The Kier molecular flexibility index (Phi) is 5.69. The molecule has 0 amide bonds. The molecule has 3 aromatic rings.